The van der Waals surface area contributed by atoms with Crippen molar-refractivity contribution in [1.29, 1.82) is 5.26 Å². The monoisotopic (exact) mass is 416 g/mol. The zero-order valence-electron chi connectivity index (χ0n) is 17.9. The third-order valence-electron chi connectivity index (χ3n) is 5.71. The predicted octanol–water partition coefficient (Wildman–Crippen LogP) is 2.42. The number of quaternary nitrogens is 1. The van der Waals surface area contributed by atoms with Gasteiger partial charge in [0, 0.05) is 12.0 Å². The van der Waals surface area contributed by atoms with Gasteiger partial charge in [-0.05, 0) is 35.4 Å². The zero-order chi connectivity index (χ0) is 22.0. The molecular formula is C25H26N3O3+. The molecule has 6 nitrogen and oxygen atoms in total. The third-order valence-corrected chi connectivity index (χ3v) is 5.71. The van der Waals surface area contributed by atoms with E-state index in [1.165, 1.54) is 4.90 Å². The molecule has 0 saturated carbocycles. The highest BCUT2D eigenvalue weighted by atomic mass is 16.5. The first-order chi connectivity index (χ1) is 15.0. The minimum Gasteiger partial charge on any atom is -0.497 e. The molecule has 0 radical (unpaired) electrons. The first-order valence-electron chi connectivity index (χ1n) is 10.1. The van der Waals surface area contributed by atoms with Crippen LogP contribution in [0.15, 0.2) is 83.1 Å². The summed E-state index contributed by atoms with van der Waals surface area (Å²) in [6.45, 7) is 0.733. The van der Waals surface area contributed by atoms with Gasteiger partial charge in [-0.15, -0.1) is 0 Å². The van der Waals surface area contributed by atoms with Gasteiger partial charge >= 0.3 is 0 Å². The standard InChI is InChI=1S/C25H25N3O3/c1-28-14-18(12-16-4-8-19(29-2)9-5-16)24-22(15-28)23(21(13-26)25(27)31-24)17-6-10-20(30-3)11-7-17/h4-11,14,23H,12,15,27H2,1-3H3/p+1/t23-/m0/s1. The lowest BCUT2D eigenvalue weighted by Gasteiger charge is -2.33. The second kappa shape index (κ2) is 8.58. The molecule has 2 atom stereocenters. The van der Waals surface area contributed by atoms with Gasteiger partial charge in [-0.3, -0.25) is 0 Å². The van der Waals surface area contributed by atoms with E-state index in [1.54, 1.807) is 14.2 Å². The second-order valence-corrected chi connectivity index (χ2v) is 7.77. The molecule has 0 bridgehead atoms. The van der Waals surface area contributed by atoms with Crippen molar-refractivity contribution < 1.29 is 19.1 Å². The molecule has 0 amide bonds. The lowest BCUT2D eigenvalue weighted by atomic mass is 9.80. The van der Waals surface area contributed by atoms with E-state index in [4.69, 9.17) is 19.9 Å². The zero-order valence-corrected chi connectivity index (χ0v) is 17.9. The van der Waals surface area contributed by atoms with Gasteiger partial charge in [0.05, 0.1) is 32.8 Å². The molecule has 158 valence electrons. The van der Waals surface area contributed by atoms with Crippen LogP contribution in [0.4, 0.5) is 0 Å². The van der Waals surface area contributed by atoms with Crippen molar-refractivity contribution in [3.63, 3.8) is 0 Å². The highest BCUT2D eigenvalue weighted by molar-refractivity contribution is 5.54. The Morgan fingerprint density at radius 2 is 1.68 bits per heavy atom. The number of rotatable bonds is 5. The first-order valence-corrected chi connectivity index (χ1v) is 10.1. The number of benzene rings is 2. The molecule has 4 rings (SSSR count). The smallest absolute Gasteiger partial charge is 0.205 e. The van der Waals surface area contributed by atoms with E-state index in [-0.39, 0.29) is 11.8 Å². The van der Waals surface area contributed by atoms with Gasteiger partial charge in [0.15, 0.2) is 0 Å². The number of likely N-dealkylation sites (N-methyl/N-ethyl adjacent to an activating group) is 1. The fourth-order valence-electron chi connectivity index (χ4n) is 4.23. The summed E-state index contributed by atoms with van der Waals surface area (Å²) in [5.41, 5.74) is 10.9. The van der Waals surface area contributed by atoms with Crippen LogP contribution in [0.2, 0.25) is 0 Å². The maximum Gasteiger partial charge on any atom is 0.205 e. The Bertz CT molecular complexity index is 1110. The lowest BCUT2D eigenvalue weighted by molar-refractivity contribution is -0.821. The number of nitrogens with two attached hydrogens (primary N) is 1. The minimum atomic E-state index is -0.242. The molecule has 0 aliphatic carbocycles. The van der Waals surface area contributed by atoms with Crippen LogP contribution < -0.4 is 20.1 Å². The molecule has 2 aromatic carbocycles. The van der Waals surface area contributed by atoms with E-state index in [2.05, 4.69) is 19.3 Å². The summed E-state index contributed by atoms with van der Waals surface area (Å²) in [5, 5.41) is 9.85. The van der Waals surface area contributed by atoms with Crippen molar-refractivity contribution in [3.05, 3.63) is 94.2 Å². The SMILES string of the molecule is COc1ccc(CC2=C[NH+](C)CC3=C2OC(N)=C(C#N)[C@@H]3c2ccc(OC)cc2)cc1. The highest BCUT2D eigenvalue weighted by Gasteiger charge is 2.38. The van der Waals surface area contributed by atoms with Gasteiger partial charge < -0.3 is 24.8 Å². The fourth-order valence-corrected chi connectivity index (χ4v) is 4.23. The van der Waals surface area contributed by atoms with E-state index in [9.17, 15) is 5.26 Å². The third kappa shape index (κ3) is 4.00. The van der Waals surface area contributed by atoms with Crippen LogP contribution in [-0.2, 0) is 11.2 Å². The number of nitrogens with zero attached hydrogens (tertiary/aromatic N) is 1. The molecular weight excluding hydrogens is 390 g/mol. The van der Waals surface area contributed by atoms with Crippen LogP contribution in [-0.4, -0.2) is 27.8 Å². The number of nitriles is 1. The van der Waals surface area contributed by atoms with Crippen molar-refractivity contribution in [3.8, 4) is 17.6 Å². The summed E-state index contributed by atoms with van der Waals surface area (Å²) in [6, 6.07) is 18.1. The Morgan fingerprint density at radius 1 is 1.06 bits per heavy atom. The summed E-state index contributed by atoms with van der Waals surface area (Å²) in [5.74, 6) is 2.30. The normalized spacial score (nSPS) is 20.4. The topological polar surface area (TPSA) is 81.9 Å². The van der Waals surface area contributed by atoms with E-state index < -0.39 is 0 Å². The summed E-state index contributed by atoms with van der Waals surface area (Å²) in [4.78, 5) is 1.22. The van der Waals surface area contributed by atoms with E-state index in [0.29, 0.717) is 12.0 Å². The predicted molar refractivity (Wildman–Crippen MR) is 117 cm³/mol. The summed E-state index contributed by atoms with van der Waals surface area (Å²) in [7, 11) is 5.40. The van der Waals surface area contributed by atoms with Gasteiger partial charge in [-0.1, -0.05) is 24.3 Å². The first kappa shape index (κ1) is 20.6. The minimum absolute atomic E-state index is 0.169. The Hall–Kier alpha value is -3.69. The molecule has 6 heteroatoms. The van der Waals surface area contributed by atoms with Crippen LogP contribution in [0, 0.1) is 11.3 Å². The highest BCUT2D eigenvalue weighted by Crippen LogP contribution is 2.42. The number of hydrogen-bond acceptors (Lipinski definition) is 5. The van der Waals surface area contributed by atoms with Crippen molar-refractivity contribution in [2.75, 3.05) is 27.8 Å². The molecule has 31 heavy (non-hydrogen) atoms. The summed E-state index contributed by atoms with van der Waals surface area (Å²) in [6.07, 6.45) is 2.86. The van der Waals surface area contributed by atoms with E-state index in [0.717, 1.165) is 46.1 Å². The molecule has 2 aliphatic heterocycles. The Kier molecular flexibility index (Phi) is 5.70. The molecule has 2 heterocycles. The van der Waals surface area contributed by atoms with E-state index in [1.807, 2.05) is 48.5 Å². The largest absolute Gasteiger partial charge is 0.497 e. The summed E-state index contributed by atoms with van der Waals surface area (Å²) < 4.78 is 16.6. The summed E-state index contributed by atoms with van der Waals surface area (Å²) >= 11 is 0. The molecule has 0 fully saturated rings. The number of methoxy groups -OCH3 is 2. The average Bonchev–Trinajstić information content (AvgIpc) is 2.79. The van der Waals surface area contributed by atoms with Gasteiger partial charge in [0.25, 0.3) is 0 Å². The van der Waals surface area contributed by atoms with Crippen molar-refractivity contribution in [2.24, 2.45) is 5.73 Å². The van der Waals surface area contributed by atoms with Crippen LogP contribution in [0.3, 0.4) is 0 Å². The fraction of sp³-hybridized carbons (Fsp3) is 0.240. The number of hydrogen-bond donors (Lipinski definition) is 2. The Morgan fingerprint density at radius 3 is 2.26 bits per heavy atom. The number of ether oxygens (including phenoxy) is 3. The quantitative estimate of drug-likeness (QED) is 0.782. The maximum absolute atomic E-state index is 9.85. The Balaban J connectivity index is 1.75. The second-order valence-electron chi connectivity index (χ2n) is 7.77. The lowest BCUT2D eigenvalue weighted by Crippen LogP contribution is -3.05. The van der Waals surface area contributed by atoms with E-state index >= 15 is 0 Å². The average molecular weight is 417 g/mol. The number of allylic oxidation sites excluding steroid dienone is 2. The van der Waals surface area contributed by atoms with Crippen LogP contribution >= 0.6 is 0 Å². The Labute approximate surface area is 182 Å². The van der Waals surface area contributed by atoms with Gasteiger partial charge in [0.1, 0.15) is 41.6 Å². The van der Waals surface area contributed by atoms with Gasteiger partial charge in [-0.25, -0.2) is 0 Å². The van der Waals surface area contributed by atoms with Crippen molar-refractivity contribution >= 4 is 0 Å². The maximum atomic E-state index is 9.85. The molecule has 2 aliphatic rings. The molecule has 0 saturated heterocycles. The number of nitrogens with one attached hydrogen (secondary N) is 1. The molecule has 0 aromatic heterocycles. The van der Waals surface area contributed by atoms with Crippen molar-refractivity contribution in [2.45, 2.75) is 12.3 Å². The van der Waals surface area contributed by atoms with Crippen LogP contribution in [0.5, 0.6) is 11.5 Å². The molecule has 3 N–H and O–H groups in total. The molecule has 0 spiro atoms. The van der Waals surface area contributed by atoms with Gasteiger partial charge in [-0.2, -0.15) is 5.26 Å². The van der Waals surface area contributed by atoms with Crippen molar-refractivity contribution in [1.82, 2.24) is 0 Å². The van der Waals surface area contributed by atoms with Gasteiger partial charge in [0.2, 0.25) is 5.88 Å². The van der Waals surface area contributed by atoms with Crippen LogP contribution in [0.25, 0.3) is 0 Å². The molecule has 1 unspecified atom stereocenters. The molecule has 2 aromatic rings. The van der Waals surface area contributed by atoms with Crippen LogP contribution in [0.1, 0.15) is 17.0 Å².